The highest BCUT2D eigenvalue weighted by Gasteiger charge is 2.44. The first-order valence-corrected chi connectivity index (χ1v) is 7.02. The molecule has 0 amide bonds. The van der Waals surface area contributed by atoms with Gasteiger partial charge >= 0.3 is 0 Å². The van der Waals surface area contributed by atoms with Gasteiger partial charge in [-0.3, -0.25) is 4.99 Å². The van der Waals surface area contributed by atoms with Gasteiger partial charge in [0.2, 0.25) is 0 Å². The number of hydrogen-bond donors (Lipinski definition) is 1. The molecule has 4 heteroatoms. The fraction of sp³-hybridized carbons (Fsp3) is 0.909. The lowest BCUT2D eigenvalue weighted by Crippen LogP contribution is -2.56. The van der Waals surface area contributed by atoms with Crippen LogP contribution < -0.4 is 5.73 Å². The van der Waals surface area contributed by atoms with Gasteiger partial charge < -0.3 is 10.6 Å². The van der Waals surface area contributed by atoms with Crippen molar-refractivity contribution in [2.75, 3.05) is 18.1 Å². The lowest BCUT2D eigenvalue weighted by atomic mass is 9.89. The van der Waals surface area contributed by atoms with E-state index in [1.165, 1.54) is 24.3 Å². The van der Waals surface area contributed by atoms with Gasteiger partial charge in [-0.2, -0.15) is 11.8 Å². The molecule has 2 aliphatic heterocycles. The summed E-state index contributed by atoms with van der Waals surface area (Å²) in [6.45, 7) is 5.41. The van der Waals surface area contributed by atoms with Gasteiger partial charge in [0.15, 0.2) is 5.96 Å². The maximum absolute atomic E-state index is 6.03. The van der Waals surface area contributed by atoms with Gasteiger partial charge in [-0.25, -0.2) is 0 Å². The zero-order chi connectivity index (χ0) is 10.9. The highest BCUT2D eigenvalue weighted by Crippen LogP contribution is 2.37. The Morgan fingerprint density at radius 3 is 2.80 bits per heavy atom. The van der Waals surface area contributed by atoms with E-state index in [9.17, 15) is 0 Å². The summed E-state index contributed by atoms with van der Waals surface area (Å²) in [5.74, 6) is 3.29. The van der Waals surface area contributed by atoms with E-state index in [1.807, 2.05) is 0 Å². The average Bonchev–Trinajstić information content (AvgIpc) is 2.56. The van der Waals surface area contributed by atoms with Crippen molar-refractivity contribution in [2.45, 2.75) is 44.7 Å². The molecule has 0 bridgehead atoms. The average molecular weight is 227 g/mol. The molecule has 1 fully saturated rings. The van der Waals surface area contributed by atoms with Crippen LogP contribution in [-0.2, 0) is 0 Å². The fourth-order valence-electron chi connectivity index (χ4n) is 2.65. The summed E-state index contributed by atoms with van der Waals surface area (Å²) >= 11 is 2.06. The second-order valence-corrected chi connectivity index (χ2v) is 5.86. The number of nitrogens with two attached hydrogens (primary N) is 1. The van der Waals surface area contributed by atoms with Crippen LogP contribution in [0.25, 0.3) is 0 Å². The van der Waals surface area contributed by atoms with Crippen molar-refractivity contribution in [1.82, 2.24) is 4.90 Å². The summed E-state index contributed by atoms with van der Waals surface area (Å²) in [4.78, 5) is 6.87. The SMILES string of the molecule is CCC(C)N1C(N)=NCC12CCSCC2. The van der Waals surface area contributed by atoms with Gasteiger partial charge in [-0.05, 0) is 37.7 Å². The van der Waals surface area contributed by atoms with Gasteiger partial charge in [0.25, 0.3) is 0 Å². The van der Waals surface area contributed by atoms with Crippen molar-refractivity contribution in [3.8, 4) is 0 Å². The second kappa shape index (κ2) is 4.24. The zero-order valence-corrected chi connectivity index (χ0v) is 10.5. The third-order valence-electron chi connectivity index (χ3n) is 3.75. The van der Waals surface area contributed by atoms with E-state index in [2.05, 4.69) is 35.5 Å². The molecule has 0 aromatic rings. The number of hydrogen-bond acceptors (Lipinski definition) is 4. The molecule has 1 atom stereocenters. The Morgan fingerprint density at radius 2 is 2.20 bits per heavy atom. The molecule has 15 heavy (non-hydrogen) atoms. The Kier molecular flexibility index (Phi) is 3.14. The molecular weight excluding hydrogens is 206 g/mol. The van der Waals surface area contributed by atoms with Crippen LogP contribution in [0.4, 0.5) is 0 Å². The van der Waals surface area contributed by atoms with E-state index in [0.717, 1.165) is 18.9 Å². The molecule has 1 spiro atoms. The Hall–Kier alpha value is -0.380. The predicted octanol–water partition coefficient (Wildman–Crippen LogP) is 1.68. The highest BCUT2D eigenvalue weighted by molar-refractivity contribution is 7.99. The predicted molar refractivity (Wildman–Crippen MR) is 67.4 cm³/mol. The van der Waals surface area contributed by atoms with Crippen LogP contribution in [0.5, 0.6) is 0 Å². The second-order valence-electron chi connectivity index (χ2n) is 4.64. The van der Waals surface area contributed by atoms with Gasteiger partial charge in [0.1, 0.15) is 0 Å². The number of guanidine groups is 1. The van der Waals surface area contributed by atoms with Crippen LogP contribution in [0.1, 0.15) is 33.1 Å². The van der Waals surface area contributed by atoms with E-state index >= 15 is 0 Å². The van der Waals surface area contributed by atoms with E-state index in [-0.39, 0.29) is 5.54 Å². The quantitative estimate of drug-likeness (QED) is 0.780. The first-order valence-electron chi connectivity index (χ1n) is 5.86. The zero-order valence-electron chi connectivity index (χ0n) is 9.70. The van der Waals surface area contributed by atoms with E-state index in [1.54, 1.807) is 0 Å². The largest absolute Gasteiger partial charge is 0.370 e. The van der Waals surface area contributed by atoms with Crippen LogP contribution in [0.15, 0.2) is 4.99 Å². The lowest BCUT2D eigenvalue weighted by Gasteiger charge is -2.45. The molecule has 2 N–H and O–H groups in total. The molecule has 0 aromatic heterocycles. The molecule has 86 valence electrons. The van der Waals surface area contributed by atoms with Crippen LogP contribution in [0.2, 0.25) is 0 Å². The van der Waals surface area contributed by atoms with Crippen LogP contribution in [0.3, 0.4) is 0 Å². The Labute approximate surface area is 96.5 Å². The van der Waals surface area contributed by atoms with Crippen molar-refractivity contribution >= 4 is 17.7 Å². The summed E-state index contributed by atoms with van der Waals surface area (Å²) in [5.41, 5.74) is 6.30. The standard InChI is InChI=1S/C11H21N3S/c1-3-9(2)14-10(12)13-8-11(14)4-6-15-7-5-11/h9H,3-8H2,1-2H3,(H2,12,13). The number of nitrogens with zero attached hydrogens (tertiary/aromatic N) is 2. The van der Waals surface area contributed by atoms with Gasteiger partial charge in [0, 0.05) is 6.04 Å². The molecule has 2 heterocycles. The van der Waals surface area contributed by atoms with Gasteiger partial charge in [-0.1, -0.05) is 6.92 Å². The molecule has 3 nitrogen and oxygen atoms in total. The Bertz CT molecular complexity index is 259. The molecule has 1 unspecified atom stereocenters. The monoisotopic (exact) mass is 227 g/mol. The molecule has 0 saturated carbocycles. The third kappa shape index (κ3) is 1.84. The topological polar surface area (TPSA) is 41.6 Å². The smallest absolute Gasteiger partial charge is 0.192 e. The summed E-state index contributed by atoms with van der Waals surface area (Å²) in [5, 5.41) is 0. The molecule has 2 rings (SSSR count). The van der Waals surface area contributed by atoms with Gasteiger partial charge in [0.05, 0.1) is 12.1 Å². The van der Waals surface area contributed by atoms with Crippen LogP contribution in [-0.4, -0.2) is 40.5 Å². The first-order chi connectivity index (χ1) is 7.19. The minimum atomic E-state index is 0.269. The van der Waals surface area contributed by atoms with Gasteiger partial charge in [-0.15, -0.1) is 0 Å². The minimum Gasteiger partial charge on any atom is -0.370 e. The molecule has 0 radical (unpaired) electrons. The van der Waals surface area contributed by atoms with Crippen molar-refractivity contribution in [1.29, 1.82) is 0 Å². The van der Waals surface area contributed by atoms with Crippen LogP contribution in [0, 0.1) is 0 Å². The third-order valence-corrected chi connectivity index (χ3v) is 4.73. The summed E-state index contributed by atoms with van der Waals surface area (Å²) in [7, 11) is 0. The number of aliphatic imine (C=N–C) groups is 1. The fourth-order valence-corrected chi connectivity index (χ4v) is 3.90. The minimum absolute atomic E-state index is 0.269. The normalized spacial score (nSPS) is 26.8. The summed E-state index contributed by atoms with van der Waals surface area (Å²) in [6, 6.07) is 0.527. The van der Waals surface area contributed by atoms with Crippen molar-refractivity contribution in [3.63, 3.8) is 0 Å². The van der Waals surface area contributed by atoms with Crippen molar-refractivity contribution < 1.29 is 0 Å². The number of thioether (sulfide) groups is 1. The molecular formula is C11H21N3S. The Morgan fingerprint density at radius 1 is 1.53 bits per heavy atom. The van der Waals surface area contributed by atoms with E-state index in [4.69, 9.17) is 5.73 Å². The Balaban J connectivity index is 2.18. The lowest BCUT2D eigenvalue weighted by molar-refractivity contribution is 0.141. The molecule has 0 aliphatic carbocycles. The van der Waals surface area contributed by atoms with E-state index in [0.29, 0.717) is 6.04 Å². The number of rotatable bonds is 2. The first kappa shape index (κ1) is 11.1. The summed E-state index contributed by atoms with van der Waals surface area (Å²) < 4.78 is 0. The maximum atomic E-state index is 6.03. The molecule has 0 aromatic carbocycles. The van der Waals surface area contributed by atoms with Crippen LogP contribution >= 0.6 is 11.8 Å². The van der Waals surface area contributed by atoms with Crippen molar-refractivity contribution in [3.05, 3.63) is 0 Å². The summed E-state index contributed by atoms with van der Waals surface area (Å²) in [6.07, 6.45) is 3.63. The molecule has 2 aliphatic rings. The maximum Gasteiger partial charge on any atom is 0.192 e. The highest BCUT2D eigenvalue weighted by atomic mass is 32.2. The van der Waals surface area contributed by atoms with E-state index < -0.39 is 0 Å². The van der Waals surface area contributed by atoms with Crippen molar-refractivity contribution in [2.24, 2.45) is 10.7 Å². The molecule has 1 saturated heterocycles.